The van der Waals surface area contributed by atoms with Gasteiger partial charge in [0.05, 0.1) is 5.25 Å². The minimum absolute atomic E-state index is 0.160. The normalized spacial score (nSPS) is 16.6. The van der Waals surface area contributed by atoms with Crippen LogP contribution in [-0.4, -0.2) is 22.3 Å². The van der Waals surface area contributed by atoms with Crippen LogP contribution in [0.5, 0.6) is 0 Å². The van der Waals surface area contributed by atoms with Crippen LogP contribution in [0, 0.1) is 0 Å². The van der Waals surface area contributed by atoms with Crippen molar-refractivity contribution in [2.24, 2.45) is 0 Å². The molecule has 1 atom stereocenters. The van der Waals surface area contributed by atoms with Crippen molar-refractivity contribution < 1.29 is 14.4 Å². The van der Waals surface area contributed by atoms with E-state index in [0.717, 1.165) is 23.7 Å². The van der Waals surface area contributed by atoms with Gasteiger partial charge in [-0.1, -0.05) is 43.0 Å². The Hall–Kier alpha value is -2.60. The number of rotatable bonds is 5. The van der Waals surface area contributed by atoms with Crippen molar-refractivity contribution in [2.75, 3.05) is 5.32 Å². The van der Waals surface area contributed by atoms with Crippen LogP contribution >= 0.6 is 11.8 Å². The molecular weight excluding hydrogens is 336 g/mol. The Morgan fingerprint density at radius 2 is 1.68 bits per heavy atom. The molecule has 1 heterocycles. The van der Waals surface area contributed by atoms with Gasteiger partial charge in [-0.3, -0.25) is 19.7 Å². The molecule has 0 aliphatic carbocycles. The van der Waals surface area contributed by atoms with Crippen molar-refractivity contribution in [3.8, 4) is 0 Å². The Bertz CT molecular complexity index is 800. The molecule has 0 spiro atoms. The van der Waals surface area contributed by atoms with E-state index in [2.05, 4.69) is 17.6 Å². The summed E-state index contributed by atoms with van der Waals surface area (Å²) >= 11 is 1.01. The van der Waals surface area contributed by atoms with E-state index >= 15 is 0 Å². The van der Waals surface area contributed by atoms with Gasteiger partial charge in [0.15, 0.2) is 0 Å². The first-order chi connectivity index (χ1) is 12.0. The molecule has 1 fully saturated rings. The zero-order valence-electron chi connectivity index (χ0n) is 13.7. The van der Waals surface area contributed by atoms with Gasteiger partial charge < -0.3 is 5.32 Å². The number of benzene rings is 2. The molecule has 1 aliphatic rings. The zero-order chi connectivity index (χ0) is 17.8. The number of aryl methyl sites for hydroxylation is 1. The van der Waals surface area contributed by atoms with E-state index in [1.165, 1.54) is 5.56 Å². The highest BCUT2D eigenvalue weighted by Gasteiger charge is 2.31. The van der Waals surface area contributed by atoms with Crippen molar-refractivity contribution in [2.45, 2.75) is 25.0 Å². The van der Waals surface area contributed by atoms with Crippen LogP contribution in [0.25, 0.3) is 0 Å². The molecule has 128 valence electrons. The molecule has 0 radical (unpaired) electrons. The highest BCUT2D eigenvalue weighted by molar-refractivity contribution is 8.15. The van der Waals surface area contributed by atoms with Crippen molar-refractivity contribution in [3.63, 3.8) is 0 Å². The molecule has 2 aromatic carbocycles. The van der Waals surface area contributed by atoms with Crippen LogP contribution in [0.1, 0.15) is 28.4 Å². The summed E-state index contributed by atoms with van der Waals surface area (Å²) in [5.41, 5.74) is 3.42. The highest BCUT2D eigenvalue weighted by Crippen LogP contribution is 2.23. The van der Waals surface area contributed by atoms with Gasteiger partial charge >= 0.3 is 0 Å². The van der Waals surface area contributed by atoms with E-state index in [1.54, 1.807) is 12.1 Å². The Kier molecular flexibility index (Phi) is 5.19. The fourth-order valence-electron chi connectivity index (χ4n) is 2.56. The molecule has 1 unspecified atom stereocenters. The summed E-state index contributed by atoms with van der Waals surface area (Å²) in [6.45, 7) is 2.07. The number of hydrogen-bond donors (Lipinski definition) is 2. The summed E-state index contributed by atoms with van der Waals surface area (Å²) in [7, 11) is 0. The Morgan fingerprint density at radius 1 is 1.04 bits per heavy atom. The molecule has 0 bridgehead atoms. The van der Waals surface area contributed by atoms with E-state index in [1.807, 2.05) is 36.4 Å². The van der Waals surface area contributed by atoms with Crippen LogP contribution in [0.4, 0.5) is 10.5 Å². The van der Waals surface area contributed by atoms with Crippen molar-refractivity contribution in [1.82, 2.24) is 5.32 Å². The molecule has 3 rings (SSSR count). The summed E-state index contributed by atoms with van der Waals surface area (Å²) in [5.74, 6) is -0.408. The monoisotopic (exact) mass is 354 g/mol. The Labute approximate surface area is 150 Å². The Balaban J connectivity index is 1.61. The number of anilines is 1. The van der Waals surface area contributed by atoms with E-state index in [0.29, 0.717) is 17.7 Å². The molecule has 2 N–H and O–H groups in total. The number of carbonyl (C=O) groups is 3. The summed E-state index contributed by atoms with van der Waals surface area (Å²) in [4.78, 5) is 35.0. The predicted octanol–water partition coefficient (Wildman–Crippen LogP) is 3.40. The fraction of sp³-hybridized carbons (Fsp3) is 0.211. The lowest BCUT2D eigenvalue weighted by atomic mass is 10.1. The molecule has 6 heteroatoms. The third-order valence-corrected chi connectivity index (χ3v) is 5.01. The fourth-order valence-corrected chi connectivity index (χ4v) is 3.42. The quantitative estimate of drug-likeness (QED) is 0.863. The first-order valence-electron chi connectivity index (χ1n) is 8.06. The topological polar surface area (TPSA) is 75.3 Å². The molecule has 3 amide bonds. The predicted molar refractivity (Wildman–Crippen MR) is 98.8 cm³/mol. The first kappa shape index (κ1) is 17.2. The van der Waals surface area contributed by atoms with Crippen LogP contribution in [0.3, 0.4) is 0 Å². The standard InChI is InChI=1S/C19H18N2O3S/c1-2-12-3-7-14(8-4-12)17(22)20-15-9-5-13(6-10-15)11-16-18(23)21-19(24)25-16/h3-10,16H,2,11H2,1H3,(H,20,22)(H,21,23,24). The van der Waals surface area contributed by atoms with Gasteiger partial charge in [0.25, 0.3) is 11.1 Å². The smallest absolute Gasteiger partial charge is 0.286 e. The lowest BCUT2D eigenvalue weighted by Crippen LogP contribution is -2.25. The molecule has 0 saturated carbocycles. The summed E-state index contributed by atoms with van der Waals surface area (Å²) in [6.07, 6.45) is 1.42. The van der Waals surface area contributed by atoms with Crippen molar-refractivity contribution in [3.05, 3.63) is 65.2 Å². The lowest BCUT2D eigenvalue weighted by molar-refractivity contribution is -0.118. The van der Waals surface area contributed by atoms with Gasteiger partial charge in [0, 0.05) is 11.3 Å². The maximum atomic E-state index is 12.3. The number of carbonyl (C=O) groups excluding carboxylic acids is 3. The third kappa shape index (κ3) is 4.28. The molecule has 0 aromatic heterocycles. The van der Waals surface area contributed by atoms with Crippen molar-refractivity contribution >= 4 is 34.5 Å². The maximum Gasteiger partial charge on any atom is 0.286 e. The van der Waals surface area contributed by atoms with E-state index < -0.39 is 0 Å². The van der Waals surface area contributed by atoms with E-state index in [-0.39, 0.29) is 22.3 Å². The molecule has 25 heavy (non-hydrogen) atoms. The SMILES string of the molecule is CCc1ccc(C(=O)Nc2ccc(CC3SC(=O)NC3=O)cc2)cc1. The molecule has 5 nitrogen and oxygen atoms in total. The minimum atomic E-state index is -0.384. The zero-order valence-corrected chi connectivity index (χ0v) is 14.6. The summed E-state index contributed by atoms with van der Waals surface area (Å²) in [6, 6.07) is 14.8. The molecular formula is C19H18N2O3S. The average molecular weight is 354 g/mol. The van der Waals surface area contributed by atoms with Gasteiger partial charge in [0.2, 0.25) is 5.91 Å². The minimum Gasteiger partial charge on any atom is -0.322 e. The molecule has 1 saturated heterocycles. The number of imide groups is 1. The maximum absolute atomic E-state index is 12.3. The van der Waals surface area contributed by atoms with E-state index in [9.17, 15) is 14.4 Å². The van der Waals surface area contributed by atoms with Gasteiger partial charge in [-0.15, -0.1) is 0 Å². The third-order valence-electron chi connectivity index (χ3n) is 4.02. The number of nitrogens with one attached hydrogen (secondary N) is 2. The molecule has 1 aliphatic heterocycles. The Morgan fingerprint density at radius 3 is 2.24 bits per heavy atom. The second kappa shape index (κ2) is 7.53. The molecule has 2 aromatic rings. The average Bonchev–Trinajstić information content (AvgIpc) is 2.94. The number of amides is 3. The summed E-state index contributed by atoms with van der Waals surface area (Å²) < 4.78 is 0. The van der Waals surface area contributed by atoms with E-state index in [4.69, 9.17) is 0 Å². The van der Waals surface area contributed by atoms with Crippen LogP contribution < -0.4 is 10.6 Å². The second-order valence-corrected chi connectivity index (χ2v) is 6.96. The first-order valence-corrected chi connectivity index (χ1v) is 8.94. The van der Waals surface area contributed by atoms with Crippen LogP contribution in [-0.2, 0) is 17.6 Å². The largest absolute Gasteiger partial charge is 0.322 e. The lowest BCUT2D eigenvalue weighted by Gasteiger charge is -2.08. The van der Waals surface area contributed by atoms with Crippen molar-refractivity contribution in [1.29, 1.82) is 0 Å². The van der Waals surface area contributed by atoms with Gasteiger partial charge in [0.1, 0.15) is 0 Å². The van der Waals surface area contributed by atoms with Gasteiger partial charge in [-0.05, 0) is 48.2 Å². The number of thioether (sulfide) groups is 1. The highest BCUT2D eigenvalue weighted by atomic mass is 32.2. The van der Waals surface area contributed by atoms with Gasteiger partial charge in [-0.2, -0.15) is 0 Å². The number of hydrogen-bond acceptors (Lipinski definition) is 4. The van der Waals surface area contributed by atoms with Crippen LogP contribution in [0.15, 0.2) is 48.5 Å². The summed E-state index contributed by atoms with van der Waals surface area (Å²) in [5, 5.41) is 4.45. The van der Waals surface area contributed by atoms with Crippen LogP contribution in [0.2, 0.25) is 0 Å². The second-order valence-electron chi connectivity index (χ2n) is 5.79. The van der Waals surface area contributed by atoms with Gasteiger partial charge in [-0.25, -0.2) is 0 Å².